The van der Waals surface area contributed by atoms with Crippen molar-refractivity contribution in [2.45, 2.75) is 40.2 Å². The molecule has 1 amide bonds. The Morgan fingerprint density at radius 3 is 2.26 bits per heavy atom. The second kappa shape index (κ2) is 9.55. The highest BCUT2D eigenvalue weighted by molar-refractivity contribution is 9.10. The van der Waals surface area contributed by atoms with E-state index in [0.717, 1.165) is 22.0 Å². The van der Waals surface area contributed by atoms with Crippen LogP contribution in [-0.4, -0.2) is 24.6 Å². The maximum atomic E-state index is 12.4. The molecule has 0 saturated heterocycles. The second-order valence-electron chi connectivity index (χ2n) is 6.33. The molecule has 2 aromatic rings. The van der Waals surface area contributed by atoms with Crippen molar-refractivity contribution in [2.75, 3.05) is 11.9 Å². The van der Waals surface area contributed by atoms with Gasteiger partial charge in [0.05, 0.1) is 12.2 Å². The van der Waals surface area contributed by atoms with Crippen LogP contribution in [0.25, 0.3) is 0 Å². The second-order valence-corrected chi connectivity index (χ2v) is 7.25. The summed E-state index contributed by atoms with van der Waals surface area (Å²) in [5, 5.41) is 2.80. The van der Waals surface area contributed by atoms with E-state index in [1.807, 2.05) is 32.9 Å². The third kappa shape index (κ3) is 5.82. The van der Waals surface area contributed by atoms with Crippen LogP contribution in [0.3, 0.4) is 0 Å². The normalized spacial score (nSPS) is 11.6. The van der Waals surface area contributed by atoms with Gasteiger partial charge in [-0.2, -0.15) is 0 Å². The molecular formula is C21H24BrNO4. The highest BCUT2D eigenvalue weighted by Crippen LogP contribution is 2.28. The molecule has 0 aromatic heterocycles. The van der Waals surface area contributed by atoms with Crippen LogP contribution in [0.5, 0.6) is 5.75 Å². The molecule has 0 aliphatic heterocycles. The Hall–Kier alpha value is -2.34. The minimum Gasteiger partial charge on any atom is -0.480 e. The zero-order valence-electron chi connectivity index (χ0n) is 16.0. The molecule has 0 aliphatic rings. The summed E-state index contributed by atoms with van der Waals surface area (Å²) in [7, 11) is 0. The van der Waals surface area contributed by atoms with Gasteiger partial charge in [-0.05, 0) is 74.7 Å². The molecule has 2 aromatic carbocycles. The highest BCUT2D eigenvalue weighted by Gasteiger charge is 2.18. The van der Waals surface area contributed by atoms with Crippen molar-refractivity contribution < 1.29 is 19.1 Å². The minimum absolute atomic E-state index is 0.266. The quantitative estimate of drug-likeness (QED) is 0.621. The predicted octanol–water partition coefficient (Wildman–Crippen LogP) is 5.04. The molecule has 1 unspecified atom stereocenters. The zero-order chi connectivity index (χ0) is 20.0. The number of hydrogen-bond donors (Lipinski definition) is 1. The minimum atomic E-state index is -0.669. The Morgan fingerprint density at radius 1 is 1.11 bits per heavy atom. The van der Waals surface area contributed by atoms with Gasteiger partial charge in [0, 0.05) is 10.2 Å². The van der Waals surface area contributed by atoms with Crippen molar-refractivity contribution in [1.29, 1.82) is 0 Å². The molecule has 0 radical (unpaired) electrons. The highest BCUT2D eigenvalue weighted by atomic mass is 79.9. The number of carbonyl (C=O) groups is 2. The molecule has 6 heteroatoms. The molecule has 0 bridgehead atoms. The van der Waals surface area contributed by atoms with E-state index < -0.39 is 6.10 Å². The van der Waals surface area contributed by atoms with Crippen molar-refractivity contribution in [1.82, 2.24) is 0 Å². The molecule has 1 atom stereocenters. The first-order valence-corrected chi connectivity index (χ1v) is 9.62. The van der Waals surface area contributed by atoms with Crippen molar-refractivity contribution in [3.05, 3.63) is 57.6 Å². The predicted molar refractivity (Wildman–Crippen MR) is 109 cm³/mol. The van der Waals surface area contributed by atoms with Crippen molar-refractivity contribution in [3.63, 3.8) is 0 Å². The summed E-state index contributed by atoms with van der Waals surface area (Å²) in [6.07, 6.45) is 0.104. The molecule has 0 spiro atoms. The summed E-state index contributed by atoms with van der Waals surface area (Å²) in [6, 6.07) is 10.5. The number of esters is 1. The Balaban J connectivity index is 1.99. The lowest BCUT2D eigenvalue weighted by Crippen LogP contribution is -2.30. The van der Waals surface area contributed by atoms with E-state index in [9.17, 15) is 9.59 Å². The molecule has 27 heavy (non-hydrogen) atoms. The summed E-state index contributed by atoms with van der Waals surface area (Å²) in [4.78, 5) is 24.2. The summed E-state index contributed by atoms with van der Waals surface area (Å²) < 4.78 is 11.9. The van der Waals surface area contributed by atoms with E-state index in [4.69, 9.17) is 9.47 Å². The van der Waals surface area contributed by atoms with E-state index in [1.54, 1.807) is 31.2 Å². The number of rotatable bonds is 7. The first kappa shape index (κ1) is 21.0. The van der Waals surface area contributed by atoms with Gasteiger partial charge in [-0.15, -0.1) is 0 Å². The van der Waals surface area contributed by atoms with Crippen LogP contribution >= 0.6 is 15.9 Å². The monoisotopic (exact) mass is 433 g/mol. The SMILES string of the molecule is CCCOC(=O)c1ccc(NC(=O)C(C)Oc2c(C)cc(Br)cc2C)cc1. The number of carbonyl (C=O) groups excluding carboxylic acids is 2. The molecule has 0 heterocycles. The number of nitrogens with one attached hydrogen (secondary N) is 1. The zero-order valence-corrected chi connectivity index (χ0v) is 17.6. The van der Waals surface area contributed by atoms with E-state index in [1.165, 1.54) is 0 Å². The van der Waals surface area contributed by atoms with Crippen LogP contribution in [0.15, 0.2) is 40.9 Å². The Bertz CT molecular complexity index is 794. The van der Waals surface area contributed by atoms with Crippen LogP contribution in [0.1, 0.15) is 41.8 Å². The van der Waals surface area contributed by atoms with Crippen LogP contribution in [-0.2, 0) is 9.53 Å². The third-order valence-corrected chi connectivity index (χ3v) is 4.37. The lowest BCUT2D eigenvalue weighted by atomic mass is 10.1. The van der Waals surface area contributed by atoms with Gasteiger partial charge in [0.2, 0.25) is 0 Å². The van der Waals surface area contributed by atoms with E-state index in [2.05, 4.69) is 21.2 Å². The first-order valence-electron chi connectivity index (χ1n) is 8.83. The lowest BCUT2D eigenvalue weighted by Gasteiger charge is -2.18. The number of ether oxygens (including phenoxy) is 2. The van der Waals surface area contributed by atoms with Crippen LogP contribution in [0.2, 0.25) is 0 Å². The van der Waals surface area contributed by atoms with Crippen LogP contribution < -0.4 is 10.1 Å². The Kier molecular flexibility index (Phi) is 7.42. The number of amides is 1. The van der Waals surface area contributed by atoms with Crippen molar-refractivity contribution >= 4 is 33.5 Å². The fourth-order valence-electron chi connectivity index (χ4n) is 2.53. The Morgan fingerprint density at radius 2 is 1.70 bits per heavy atom. The average molecular weight is 434 g/mol. The largest absolute Gasteiger partial charge is 0.480 e. The molecule has 2 rings (SSSR count). The van der Waals surface area contributed by atoms with Gasteiger partial charge in [-0.3, -0.25) is 4.79 Å². The van der Waals surface area contributed by atoms with Gasteiger partial charge in [0.15, 0.2) is 6.10 Å². The fraction of sp³-hybridized carbons (Fsp3) is 0.333. The van der Waals surface area contributed by atoms with Crippen molar-refractivity contribution in [3.8, 4) is 5.75 Å². The van der Waals surface area contributed by atoms with Gasteiger partial charge in [-0.25, -0.2) is 4.79 Å². The van der Waals surface area contributed by atoms with Gasteiger partial charge in [-0.1, -0.05) is 22.9 Å². The number of hydrogen-bond acceptors (Lipinski definition) is 4. The number of anilines is 1. The number of benzene rings is 2. The molecule has 0 saturated carbocycles. The maximum Gasteiger partial charge on any atom is 0.338 e. The third-order valence-electron chi connectivity index (χ3n) is 3.91. The lowest BCUT2D eigenvalue weighted by molar-refractivity contribution is -0.122. The van der Waals surface area contributed by atoms with Gasteiger partial charge < -0.3 is 14.8 Å². The molecule has 144 valence electrons. The van der Waals surface area contributed by atoms with E-state index in [-0.39, 0.29) is 11.9 Å². The fourth-order valence-corrected chi connectivity index (χ4v) is 3.21. The standard InChI is InChI=1S/C21H24BrNO4/c1-5-10-26-21(25)16-6-8-18(9-7-16)23-20(24)15(4)27-19-13(2)11-17(22)12-14(19)3/h6-9,11-12,15H,5,10H2,1-4H3,(H,23,24). The number of halogens is 1. The van der Waals surface area contributed by atoms with Crippen LogP contribution in [0, 0.1) is 13.8 Å². The van der Waals surface area contributed by atoms with Gasteiger partial charge in [0.25, 0.3) is 5.91 Å². The van der Waals surface area contributed by atoms with Crippen LogP contribution in [0.4, 0.5) is 5.69 Å². The molecular weight excluding hydrogens is 410 g/mol. The van der Waals surface area contributed by atoms with E-state index >= 15 is 0 Å². The summed E-state index contributed by atoms with van der Waals surface area (Å²) in [5.74, 6) is 0.0699. The van der Waals surface area contributed by atoms with Gasteiger partial charge in [0.1, 0.15) is 5.75 Å². The van der Waals surface area contributed by atoms with Gasteiger partial charge >= 0.3 is 5.97 Å². The van der Waals surface area contributed by atoms with E-state index in [0.29, 0.717) is 23.6 Å². The topological polar surface area (TPSA) is 64.6 Å². The molecule has 0 fully saturated rings. The molecule has 5 nitrogen and oxygen atoms in total. The smallest absolute Gasteiger partial charge is 0.338 e. The average Bonchev–Trinajstić information content (AvgIpc) is 2.63. The first-order chi connectivity index (χ1) is 12.8. The summed E-state index contributed by atoms with van der Waals surface area (Å²) in [5.41, 5.74) is 2.95. The molecule has 0 aliphatic carbocycles. The summed E-state index contributed by atoms with van der Waals surface area (Å²) in [6.45, 7) is 7.91. The molecule has 1 N–H and O–H groups in total. The summed E-state index contributed by atoms with van der Waals surface area (Å²) >= 11 is 3.45. The van der Waals surface area contributed by atoms with Crippen molar-refractivity contribution in [2.24, 2.45) is 0 Å². The number of aryl methyl sites for hydroxylation is 2. The Labute approximate surface area is 168 Å². The maximum absolute atomic E-state index is 12.4.